The molecule has 4 nitrogen and oxygen atoms in total. The first-order valence-corrected chi connectivity index (χ1v) is 8.49. The first-order chi connectivity index (χ1) is 11.2. The van der Waals surface area contributed by atoms with E-state index in [2.05, 4.69) is 6.58 Å². The zero-order valence-electron chi connectivity index (χ0n) is 14.8. The minimum Gasteiger partial charge on any atom is -0.462 e. The van der Waals surface area contributed by atoms with Crippen molar-refractivity contribution in [2.24, 2.45) is 11.8 Å². The Balaban J connectivity index is 2.32. The van der Waals surface area contributed by atoms with E-state index >= 15 is 0 Å². The van der Waals surface area contributed by atoms with Crippen molar-refractivity contribution in [2.75, 3.05) is 6.61 Å². The standard InChI is InChI=1S/C20H28O4/c1-13-7-8-16-17(6-5-9-20(3,4)23)19(22)24-12-18(16)14(2)11-15(21)10-13/h5-6,9-10,15-16,18,21,23H,2,7-8,11-12H2,1,3-4H3/b9-5+,13-10-,17-6-/t15-,16+,18-/m0/s1. The number of esters is 1. The van der Waals surface area contributed by atoms with E-state index in [-0.39, 0.29) is 17.8 Å². The van der Waals surface area contributed by atoms with Gasteiger partial charge in [-0.15, -0.1) is 0 Å². The molecule has 2 N–H and O–H groups in total. The van der Waals surface area contributed by atoms with Gasteiger partial charge in [0.2, 0.25) is 0 Å². The number of aliphatic hydroxyl groups is 2. The highest BCUT2D eigenvalue weighted by molar-refractivity contribution is 5.90. The van der Waals surface area contributed by atoms with Gasteiger partial charge in [-0.1, -0.05) is 42.0 Å². The molecule has 3 atom stereocenters. The molecule has 1 aliphatic heterocycles. The van der Waals surface area contributed by atoms with Crippen LogP contribution >= 0.6 is 0 Å². The van der Waals surface area contributed by atoms with Crippen molar-refractivity contribution >= 4 is 5.97 Å². The summed E-state index contributed by atoms with van der Waals surface area (Å²) in [5.74, 6) is -0.247. The summed E-state index contributed by atoms with van der Waals surface area (Å²) in [7, 11) is 0. The summed E-state index contributed by atoms with van der Waals surface area (Å²) in [5.41, 5.74) is 1.74. The maximum absolute atomic E-state index is 12.3. The minimum absolute atomic E-state index is 0.0263. The molecule has 0 spiro atoms. The molecule has 0 unspecified atom stereocenters. The second kappa shape index (κ2) is 7.49. The number of carbonyl (C=O) groups is 1. The highest BCUT2D eigenvalue weighted by Crippen LogP contribution is 2.38. The van der Waals surface area contributed by atoms with Crippen molar-refractivity contribution < 1.29 is 19.7 Å². The summed E-state index contributed by atoms with van der Waals surface area (Å²) in [6.45, 7) is 9.82. The van der Waals surface area contributed by atoms with Crippen molar-refractivity contribution in [3.8, 4) is 0 Å². The first kappa shape index (κ1) is 18.7. The van der Waals surface area contributed by atoms with Gasteiger partial charge in [0.15, 0.2) is 0 Å². The molecule has 0 bridgehead atoms. The number of hydrogen-bond donors (Lipinski definition) is 2. The lowest BCUT2D eigenvalue weighted by Crippen LogP contribution is -2.34. The molecule has 24 heavy (non-hydrogen) atoms. The summed E-state index contributed by atoms with van der Waals surface area (Å²) < 4.78 is 5.35. The average Bonchev–Trinajstić information content (AvgIpc) is 2.49. The third kappa shape index (κ3) is 4.92. The van der Waals surface area contributed by atoms with Crippen LogP contribution in [0.1, 0.15) is 40.0 Å². The van der Waals surface area contributed by atoms with Crippen molar-refractivity contribution in [2.45, 2.75) is 51.7 Å². The summed E-state index contributed by atoms with van der Waals surface area (Å²) >= 11 is 0. The van der Waals surface area contributed by atoms with Crippen molar-refractivity contribution in [3.05, 3.63) is 47.6 Å². The van der Waals surface area contributed by atoms with Crippen LogP contribution in [0.5, 0.6) is 0 Å². The van der Waals surface area contributed by atoms with E-state index in [1.54, 1.807) is 32.1 Å². The third-order valence-corrected chi connectivity index (χ3v) is 4.62. The van der Waals surface area contributed by atoms with Crippen LogP contribution in [0.3, 0.4) is 0 Å². The van der Waals surface area contributed by atoms with Gasteiger partial charge in [0.25, 0.3) is 0 Å². The van der Waals surface area contributed by atoms with E-state index in [0.29, 0.717) is 18.6 Å². The van der Waals surface area contributed by atoms with Crippen LogP contribution in [-0.2, 0) is 9.53 Å². The van der Waals surface area contributed by atoms with Crippen LogP contribution in [0.2, 0.25) is 0 Å². The van der Waals surface area contributed by atoms with Crippen molar-refractivity contribution in [1.29, 1.82) is 0 Å². The molecule has 0 aromatic heterocycles. The Morgan fingerprint density at radius 3 is 2.75 bits per heavy atom. The fourth-order valence-electron chi connectivity index (χ4n) is 3.34. The normalized spacial score (nSPS) is 33.3. The molecule has 1 aliphatic carbocycles. The van der Waals surface area contributed by atoms with E-state index < -0.39 is 11.7 Å². The van der Waals surface area contributed by atoms with Gasteiger partial charge in [-0.05, 0) is 40.0 Å². The van der Waals surface area contributed by atoms with E-state index in [1.165, 1.54) is 0 Å². The van der Waals surface area contributed by atoms with Gasteiger partial charge < -0.3 is 14.9 Å². The largest absolute Gasteiger partial charge is 0.462 e. The van der Waals surface area contributed by atoms with Crippen molar-refractivity contribution in [1.82, 2.24) is 0 Å². The highest BCUT2D eigenvalue weighted by Gasteiger charge is 2.37. The van der Waals surface area contributed by atoms with E-state index in [4.69, 9.17) is 4.74 Å². The number of carbonyl (C=O) groups excluding carboxylic acids is 1. The first-order valence-electron chi connectivity index (χ1n) is 8.49. The topological polar surface area (TPSA) is 66.8 Å². The zero-order valence-corrected chi connectivity index (χ0v) is 14.8. The van der Waals surface area contributed by atoms with Crippen LogP contribution < -0.4 is 0 Å². The number of allylic oxidation sites excluding steroid dienone is 3. The Labute approximate surface area is 144 Å². The van der Waals surface area contributed by atoms with E-state index in [0.717, 1.165) is 24.0 Å². The molecule has 132 valence electrons. The van der Waals surface area contributed by atoms with Gasteiger partial charge >= 0.3 is 5.97 Å². The lowest BCUT2D eigenvalue weighted by Gasteiger charge is -2.34. The molecule has 2 aliphatic rings. The number of ether oxygens (including phenoxy) is 1. The molecule has 1 fully saturated rings. The fourth-order valence-corrected chi connectivity index (χ4v) is 3.34. The van der Waals surface area contributed by atoms with Crippen LogP contribution in [0.25, 0.3) is 0 Å². The summed E-state index contributed by atoms with van der Waals surface area (Å²) in [4.78, 5) is 12.3. The Hall–Kier alpha value is -1.65. The van der Waals surface area contributed by atoms with Crippen LogP contribution in [0, 0.1) is 11.8 Å². The fraction of sp³-hybridized carbons (Fsp3) is 0.550. The molecule has 1 heterocycles. The molecule has 1 saturated heterocycles. The van der Waals surface area contributed by atoms with Crippen LogP contribution in [0.15, 0.2) is 47.6 Å². The molecule has 4 heteroatoms. The van der Waals surface area contributed by atoms with Gasteiger partial charge in [0.05, 0.1) is 18.3 Å². The molecular formula is C20H28O4. The molecule has 0 aromatic carbocycles. The second-order valence-electron chi connectivity index (χ2n) is 7.43. The number of aliphatic hydroxyl groups excluding tert-OH is 1. The summed E-state index contributed by atoms with van der Waals surface area (Å²) in [5, 5.41) is 19.9. The van der Waals surface area contributed by atoms with Gasteiger partial charge in [-0.2, -0.15) is 0 Å². The number of cyclic esters (lactones) is 1. The summed E-state index contributed by atoms with van der Waals surface area (Å²) in [6, 6.07) is 0. The molecule has 0 aromatic rings. The van der Waals surface area contributed by atoms with E-state index in [1.807, 2.05) is 13.0 Å². The average molecular weight is 332 g/mol. The molecule has 0 amide bonds. The Morgan fingerprint density at radius 1 is 1.38 bits per heavy atom. The second-order valence-corrected chi connectivity index (χ2v) is 7.43. The van der Waals surface area contributed by atoms with Crippen LogP contribution in [0.4, 0.5) is 0 Å². The third-order valence-electron chi connectivity index (χ3n) is 4.62. The van der Waals surface area contributed by atoms with Crippen molar-refractivity contribution in [3.63, 3.8) is 0 Å². The molecule has 2 rings (SSSR count). The summed E-state index contributed by atoms with van der Waals surface area (Å²) in [6.07, 6.45) is 8.59. The molecular weight excluding hydrogens is 304 g/mol. The Kier molecular flexibility index (Phi) is 5.83. The lowest BCUT2D eigenvalue weighted by molar-refractivity contribution is -0.144. The van der Waals surface area contributed by atoms with Gasteiger partial charge in [0, 0.05) is 17.4 Å². The van der Waals surface area contributed by atoms with Gasteiger partial charge in [-0.3, -0.25) is 0 Å². The van der Waals surface area contributed by atoms with Crippen LogP contribution in [-0.4, -0.2) is 34.5 Å². The predicted octanol–water partition coefficient (Wildman–Crippen LogP) is 3.08. The number of rotatable bonds is 2. The Morgan fingerprint density at radius 2 is 2.08 bits per heavy atom. The SMILES string of the molecule is C=C1C[C@@H](O)/C=C(/C)CC[C@@H]2/C(=C/C=C/C(C)(C)O)C(=O)OC[C@@H]12. The zero-order chi connectivity index (χ0) is 17.9. The molecule has 0 radical (unpaired) electrons. The predicted molar refractivity (Wildman–Crippen MR) is 94.2 cm³/mol. The van der Waals surface area contributed by atoms with E-state index in [9.17, 15) is 15.0 Å². The number of hydrogen-bond acceptors (Lipinski definition) is 4. The van der Waals surface area contributed by atoms with Gasteiger partial charge in [-0.25, -0.2) is 4.79 Å². The van der Waals surface area contributed by atoms with Gasteiger partial charge in [0.1, 0.15) is 0 Å². The lowest BCUT2D eigenvalue weighted by atomic mass is 9.76. The maximum atomic E-state index is 12.3. The maximum Gasteiger partial charge on any atom is 0.334 e. The minimum atomic E-state index is -0.930. The quantitative estimate of drug-likeness (QED) is 0.463. The highest BCUT2D eigenvalue weighted by atomic mass is 16.5. The smallest absolute Gasteiger partial charge is 0.334 e. The monoisotopic (exact) mass is 332 g/mol. The molecule has 0 saturated carbocycles. The number of fused-ring (bicyclic) bond motifs is 1. The Bertz CT molecular complexity index is 589.